The highest BCUT2D eigenvalue weighted by molar-refractivity contribution is 8.34. The lowest BCUT2D eigenvalue weighted by molar-refractivity contribution is 1.16. The molecule has 2 heterocycles. The molecule has 0 aliphatic heterocycles. The molecule has 0 saturated carbocycles. The minimum absolute atomic E-state index is 1.14. The highest BCUT2D eigenvalue weighted by Gasteiger charge is 2.35. The van der Waals surface area contributed by atoms with Crippen LogP contribution >= 0.6 is 20.1 Å². The lowest BCUT2D eigenvalue weighted by Gasteiger charge is -2.42. The van der Waals surface area contributed by atoms with Gasteiger partial charge < -0.3 is 9.13 Å². The fourth-order valence-electron chi connectivity index (χ4n) is 11.8. The van der Waals surface area contributed by atoms with Crippen molar-refractivity contribution < 1.29 is 0 Å². The van der Waals surface area contributed by atoms with E-state index in [2.05, 4.69) is 325 Å². The van der Waals surface area contributed by atoms with E-state index in [0.29, 0.717) is 0 Å². The Morgan fingerprint density at radius 2 is 0.421 bits per heavy atom. The van der Waals surface area contributed by atoms with Crippen molar-refractivity contribution in [2.45, 2.75) is 39.2 Å². The summed E-state index contributed by atoms with van der Waals surface area (Å²) >= 11 is 0. The van der Waals surface area contributed by atoms with Crippen LogP contribution in [-0.4, -0.2) is 9.13 Å². The first-order valence-corrected chi connectivity index (χ1v) is 29.2. The predicted octanol–water partition coefficient (Wildman–Crippen LogP) is 20.2. The fraction of sp³-hybridized carbons (Fsp3) is 0. The molecule has 0 radical (unpaired) electrons. The van der Waals surface area contributed by atoms with Gasteiger partial charge in [0.15, 0.2) is 0 Å². The maximum atomic E-state index is 2.44. The lowest BCUT2D eigenvalue weighted by Crippen LogP contribution is -2.05. The van der Waals surface area contributed by atoms with Gasteiger partial charge in [-0.2, -0.15) is 0 Å². The molecule has 0 saturated heterocycles. The summed E-state index contributed by atoms with van der Waals surface area (Å²) in [6.45, 7) is 0. The molecule has 14 rings (SSSR count). The van der Waals surface area contributed by atoms with E-state index < -0.39 is 20.1 Å². The molecule has 14 aromatic rings. The highest BCUT2D eigenvalue weighted by Crippen LogP contribution is 2.74. The molecular formula is C72H52N2S2. The van der Waals surface area contributed by atoms with Crippen molar-refractivity contribution >= 4 is 63.7 Å². The first-order valence-electron chi connectivity index (χ1n) is 26.0. The molecular weight excluding hydrogens is 957 g/mol. The Morgan fingerprint density at radius 1 is 0.184 bits per heavy atom. The lowest BCUT2D eigenvalue weighted by atomic mass is 10.0. The summed E-state index contributed by atoms with van der Waals surface area (Å²) in [4.78, 5) is 10.5. The van der Waals surface area contributed by atoms with Crippen molar-refractivity contribution in [2.24, 2.45) is 0 Å². The van der Waals surface area contributed by atoms with Crippen LogP contribution in [0.5, 0.6) is 0 Å². The summed E-state index contributed by atoms with van der Waals surface area (Å²) in [6, 6.07) is 117. The monoisotopic (exact) mass is 1010 g/mol. The van der Waals surface area contributed by atoms with E-state index >= 15 is 0 Å². The van der Waals surface area contributed by atoms with E-state index in [1.165, 1.54) is 93.9 Å². The Hall–Kier alpha value is -9.06. The van der Waals surface area contributed by atoms with Gasteiger partial charge in [0.2, 0.25) is 0 Å². The zero-order valence-electron chi connectivity index (χ0n) is 41.7. The molecule has 0 atom stereocenters. The normalized spacial score (nSPS) is 12.4. The molecule has 0 aliphatic rings. The molecule has 0 unspecified atom stereocenters. The number of rotatable bonds is 11. The smallest absolute Gasteiger partial charge is 0.0541 e. The van der Waals surface area contributed by atoms with Gasteiger partial charge in [-0.1, -0.05) is 158 Å². The van der Waals surface area contributed by atoms with E-state index in [1.807, 2.05) is 0 Å². The topological polar surface area (TPSA) is 9.86 Å². The largest absolute Gasteiger partial charge is 0.309 e. The summed E-state index contributed by atoms with van der Waals surface area (Å²) in [5.41, 5.74) is 9.41. The SMILES string of the molecule is c1ccc(S(c2ccccc2)(c2ccccc2)c2ccc(-n3c4ccccc4c4cc(-c5ccc6c(c5)c5ccccc5n6-c5ccc(S(c6ccccc6)(c6ccccc6)c6ccccc6)cc5)ccc43)cc2)cc1. The third kappa shape index (κ3) is 7.28. The Labute approximate surface area is 447 Å². The maximum Gasteiger partial charge on any atom is 0.0541 e. The van der Waals surface area contributed by atoms with Crippen LogP contribution < -0.4 is 0 Å². The second-order valence-electron chi connectivity index (χ2n) is 19.3. The molecule has 0 spiro atoms. The van der Waals surface area contributed by atoms with Crippen LogP contribution in [0.4, 0.5) is 0 Å². The molecule has 0 N–H and O–H groups in total. The standard InChI is InChI=1S/C72H52N2S2/c1-7-23-57(24-8-1)75(58-25-9-2-10-26-58,59-27-11-3-12-28-59)63-45-41-55(42-46-63)73-69-37-21-19-35-65(69)67-51-53(39-49-71(67)73)54-40-50-72-68(52-54)66-36-20-22-38-70(66)74(72)56-43-47-64(48-44-56)76(60-29-13-4-14-30-60,61-31-15-5-16-32-61)62-33-17-6-18-34-62/h1-52H. The van der Waals surface area contributed by atoms with Crippen LogP contribution in [0, 0.1) is 0 Å². The Balaban J connectivity index is 0.865. The van der Waals surface area contributed by atoms with Gasteiger partial charge in [-0.15, -0.1) is 20.1 Å². The van der Waals surface area contributed by atoms with Crippen LogP contribution in [0.1, 0.15) is 0 Å². The van der Waals surface area contributed by atoms with Gasteiger partial charge in [-0.05, 0) is 169 Å². The zero-order valence-corrected chi connectivity index (χ0v) is 43.4. The summed E-state index contributed by atoms with van der Waals surface area (Å²) in [6.07, 6.45) is 0. The summed E-state index contributed by atoms with van der Waals surface area (Å²) < 4.78 is 4.88. The van der Waals surface area contributed by atoms with Crippen LogP contribution in [0.3, 0.4) is 0 Å². The predicted molar refractivity (Wildman–Crippen MR) is 321 cm³/mol. The quantitative estimate of drug-likeness (QED) is 0.122. The van der Waals surface area contributed by atoms with Crippen LogP contribution in [0.15, 0.2) is 355 Å². The molecule has 76 heavy (non-hydrogen) atoms. The second-order valence-corrected chi connectivity index (χ2v) is 25.5. The molecule has 0 bridgehead atoms. The number of nitrogens with zero attached hydrogens (tertiary/aromatic N) is 2. The summed E-state index contributed by atoms with van der Waals surface area (Å²) in [5.74, 6) is 0. The van der Waals surface area contributed by atoms with E-state index in [1.54, 1.807) is 0 Å². The average molecular weight is 1010 g/mol. The molecule has 0 fully saturated rings. The van der Waals surface area contributed by atoms with Crippen molar-refractivity contribution in [3.63, 3.8) is 0 Å². The number of hydrogen-bond donors (Lipinski definition) is 0. The Kier molecular flexibility index (Phi) is 11.4. The van der Waals surface area contributed by atoms with Gasteiger partial charge in [0.1, 0.15) is 0 Å². The van der Waals surface area contributed by atoms with Crippen molar-refractivity contribution in [3.8, 4) is 22.5 Å². The first-order chi connectivity index (χ1) is 37.7. The molecule has 362 valence electrons. The molecule has 0 amide bonds. The molecule has 2 nitrogen and oxygen atoms in total. The number of benzene rings is 12. The zero-order chi connectivity index (χ0) is 50.5. The molecule has 12 aromatic carbocycles. The van der Waals surface area contributed by atoms with Gasteiger partial charge in [-0.25, -0.2) is 0 Å². The van der Waals surface area contributed by atoms with Crippen molar-refractivity contribution in [3.05, 3.63) is 315 Å². The van der Waals surface area contributed by atoms with Crippen molar-refractivity contribution in [2.75, 3.05) is 0 Å². The van der Waals surface area contributed by atoms with Gasteiger partial charge in [0.25, 0.3) is 0 Å². The van der Waals surface area contributed by atoms with Gasteiger partial charge >= 0.3 is 0 Å². The molecule has 0 aliphatic carbocycles. The number of hydrogen-bond acceptors (Lipinski definition) is 0. The van der Waals surface area contributed by atoms with Gasteiger partial charge in [0, 0.05) is 72.1 Å². The van der Waals surface area contributed by atoms with Crippen molar-refractivity contribution in [1.82, 2.24) is 9.13 Å². The van der Waals surface area contributed by atoms with E-state index in [0.717, 1.165) is 11.4 Å². The molecule has 4 heteroatoms. The summed E-state index contributed by atoms with van der Waals surface area (Å²) in [7, 11) is -3.62. The maximum absolute atomic E-state index is 2.44. The van der Waals surface area contributed by atoms with Crippen LogP contribution in [0.2, 0.25) is 0 Å². The molecule has 2 aromatic heterocycles. The second kappa shape index (κ2) is 19.0. The van der Waals surface area contributed by atoms with E-state index in [9.17, 15) is 0 Å². The minimum Gasteiger partial charge on any atom is -0.309 e. The van der Waals surface area contributed by atoms with Gasteiger partial charge in [0.05, 0.1) is 22.1 Å². The number of para-hydroxylation sites is 2. The van der Waals surface area contributed by atoms with Crippen LogP contribution in [-0.2, 0) is 0 Å². The Morgan fingerprint density at radius 3 is 0.711 bits per heavy atom. The number of fused-ring (bicyclic) bond motifs is 6. The van der Waals surface area contributed by atoms with Crippen molar-refractivity contribution in [1.29, 1.82) is 0 Å². The fourth-order valence-corrected chi connectivity index (χ4v) is 19.6. The Bertz CT molecular complexity index is 3870. The van der Waals surface area contributed by atoms with Crippen LogP contribution in [0.25, 0.3) is 66.1 Å². The average Bonchev–Trinajstić information content (AvgIpc) is 4.02. The third-order valence-corrected chi connectivity index (χ3v) is 23.0. The first kappa shape index (κ1) is 45.5. The van der Waals surface area contributed by atoms with E-state index in [4.69, 9.17) is 0 Å². The van der Waals surface area contributed by atoms with Gasteiger partial charge in [-0.3, -0.25) is 0 Å². The summed E-state index contributed by atoms with van der Waals surface area (Å²) in [5, 5.41) is 4.94. The minimum atomic E-state index is -1.81. The number of aromatic nitrogens is 2. The highest BCUT2D eigenvalue weighted by atomic mass is 32.3. The van der Waals surface area contributed by atoms with E-state index in [-0.39, 0.29) is 0 Å². The third-order valence-electron chi connectivity index (χ3n) is 15.2.